The van der Waals surface area contributed by atoms with Gasteiger partial charge in [-0.3, -0.25) is 9.69 Å². The molecule has 162 valence electrons. The number of benzene rings is 2. The van der Waals surface area contributed by atoms with E-state index in [1.165, 1.54) is 41.4 Å². The molecule has 0 aliphatic carbocycles. The summed E-state index contributed by atoms with van der Waals surface area (Å²) >= 11 is 0. The number of hydrogen-bond acceptors (Lipinski definition) is 5. The summed E-state index contributed by atoms with van der Waals surface area (Å²) in [7, 11) is -3.94. The Bertz CT molecular complexity index is 1350. The third kappa shape index (κ3) is 4.31. The summed E-state index contributed by atoms with van der Waals surface area (Å²) in [6.07, 6.45) is 1.51. The molecule has 0 saturated heterocycles. The molecule has 1 amide bonds. The fourth-order valence-corrected chi connectivity index (χ4v) is 4.29. The van der Waals surface area contributed by atoms with Crippen LogP contribution in [0.1, 0.15) is 21.7 Å². The standard InChI is InChI=1S/C24H19FN2O4S/c1-17-9-11-19(12-10-17)32(29,30)23-14-13-21(31-23)24(28)27(22-8-4-5-15-26-22)16-18-6-2-3-7-20(18)25/h2-15H,16H2,1H3. The van der Waals surface area contributed by atoms with E-state index in [0.717, 1.165) is 5.56 Å². The van der Waals surface area contributed by atoms with E-state index in [9.17, 15) is 17.6 Å². The van der Waals surface area contributed by atoms with Crippen molar-refractivity contribution >= 4 is 21.6 Å². The van der Waals surface area contributed by atoms with Crippen LogP contribution in [-0.2, 0) is 16.4 Å². The Morgan fingerprint density at radius 2 is 1.69 bits per heavy atom. The fourth-order valence-electron chi connectivity index (χ4n) is 3.11. The summed E-state index contributed by atoms with van der Waals surface area (Å²) < 4.78 is 45.5. The van der Waals surface area contributed by atoms with E-state index in [0.29, 0.717) is 0 Å². The van der Waals surface area contributed by atoms with Crippen molar-refractivity contribution in [3.05, 3.63) is 108 Å². The topological polar surface area (TPSA) is 80.5 Å². The van der Waals surface area contributed by atoms with E-state index in [4.69, 9.17) is 4.42 Å². The number of rotatable bonds is 6. The van der Waals surface area contributed by atoms with Gasteiger partial charge in [0, 0.05) is 11.8 Å². The van der Waals surface area contributed by atoms with E-state index >= 15 is 0 Å². The Hall–Kier alpha value is -3.78. The van der Waals surface area contributed by atoms with E-state index in [1.807, 2.05) is 6.92 Å². The number of anilines is 1. The number of halogens is 1. The van der Waals surface area contributed by atoms with Crippen molar-refractivity contribution in [2.45, 2.75) is 23.5 Å². The van der Waals surface area contributed by atoms with Crippen molar-refractivity contribution in [3.8, 4) is 0 Å². The van der Waals surface area contributed by atoms with Gasteiger partial charge >= 0.3 is 0 Å². The lowest BCUT2D eigenvalue weighted by atomic mass is 10.2. The molecule has 8 heteroatoms. The first kappa shape index (κ1) is 21.5. The number of carbonyl (C=O) groups excluding carboxylic acids is 1. The molecule has 2 heterocycles. The Morgan fingerprint density at radius 1 is 0.969 bits per heavy atom. The normalized spacial score (nSPS) is 11.3. The maximum absolute atomic E-state index is 14.2. The van der Waals surface area contributed by atoms with Gasteiger partial charge in [0.1, 0.15) is 11.6 Å². The minimum Gasteiger partial charge on any atom is -0.439 e. The molecule has 0 fully saturated rings. The van der Waals surface area contributed by atoms with Crippen molar-refractivity contribution < 1.29 is 22.0 Å². The lowest BCUT2D eigenvalue weighted by molar-refractivity contribution is 0.0952. The number of sulfone groups is 1. The first-order valence-electron chi connectivity index (χ1n) is 9.74. The van der Waals surface area contributed by atoms with Crippen LogP contribution in [0.3, 0.4) is 0 Å². The molecule has 0 aliphatic rings. The smallest absolute Gasteiger partial charge is 0.295 e. The molecular weight excluding hydrogens is 431 g/mol. The number of nitrogens with zero attached hydrogens (tertiary/aromatic N) is 2. The second-order valence-corrected chi connectivity index (χ2v) is 8.99. The van der Waals surface area contributed by atoms with Crippen molar-refractivity contribution in [1.29, 1.82) is 0 Å². The van der Waals surface area contributed by atoms with Crippen LogP contribution in [0.5, 0.6) is 0 Å². The van der Waals surface area contributed by atoms with Gasteiger partial charge in [0.25, 0.3) is 5.91 Å². The lowest BCUT2D eigenvalue weighted by Gasteiger charge is -2.21. The highest BCUT2D eigenvalue weighted by Crippen LogP contribution is 2.26. The van der Waals surface area contributed by atoms with E-state index in [1.54, 1.807) is 48.5 Å². The monoisotopic (exact) mass is 450 g/mol. The molecule has 4 aromatic rings. The van der Waals surface area contributed by atoms with Crippen molar-refractivity contribution in [2.24, 2.45) is 0 Å². The van der Waals surface area contributed by atoms with Gasteiger partial charge in [-0.1, -0.05) is 42.0 Å². The molecule has 0 atom stereocenters. The summed E-state index contributed by atoms with van der Waals surface area (Å²) in [6.45, 7) is 1.74. The highest BCUT2D eigenvalue weighted by molar-refractivity contribution is 7.91. The molecule has 0 saturated carbocycles. The molecule has 0 spiro atoms. The summed E-state index contributed by atoms with van der Waals surface area (Å²) in [5, 5.41) is -0.350. The third-order valence-electron chi connectivity index (χ3n) is 4.85. The first-order valence-corrected chi connectivity index (χ1v) is 11.2. The Morgan fingerprint density at radius 3 is 2.38 bits per heavy atom. The van der Waals surface area contributed by atoms with Gasteiger partial charge in [-0.2, -0.15) is 0 Å². The fraction of sp³-hybridized carbons (Fsp3) is 0.0833. The van der Waals surface area contributed by atoms with Crippen molar-refractivity contribution in [3.63, 3.8) is 0 Å². The summed E-state index contributed by atoms with van der Waals surface area (Å²) in [5.41, 5.74) is 1.20. The molecule has 32 heavy (non-hydrogen) atoms. The van der Waals surface area contributed by atoms with Crippen molar-refractivity contribution in [1.82, 2.24) is 4.98 Å². The van der Waals surface area contributed by atoms with E-state index < -0.39 is 21.6 Å². The molecule has 0 bridgehead atoms. The largest absolute Gasteiger partial charge is 0.439 e. The van der Waals surface area contributed by atoms with Crippen LogP contribution in [0, 0.1) is 12.7 Å². The number of pyridine rings is 1. The highest BCUT2D eigenvalue weighted by Gasteiger charge is 2.27. The Labute approximate surface area is 184 Å². The molecule has 0 aliphatic heterocycles. The average molecular weight is 450 g/mol. The van der Waals surface area contributed by atoms with E-state index in [2.05, 4.69) is 4.98 Å². The van der Waals surface area contributed by atoms with Crippen LogP contribution in [0.25, 0.3) is 0 Å². The van der Waals surface area contributed by atoms with Crippen LogP contribution < -0.4 is 4.90 Å². The molecule has 2 aromatic carbocycles. The maximum atomic E-state index is 14.2. The number of hydrogen-bond donors (Lipinski definition) is 0. The van der Waals surface area contributed by atoms with E-state index in [-0.39, 0.29) is 33.7 Å². The highest BCUT2D eigenvalue weighted by atomic mass is 32.2. The molecular formula is C24H19FN2O4S. The Kier molecular flexibility index (Phi) is 5.87. The predicted octanol–water partition coefficient (Wildman–Crippen LogP) is 4.80. The third-order valence-corrected chi connectivity index (χ3v) is 6.49. The van der Waals surface area contributed by atoms with Crippen LogP contribution >= 0.6 is 0 Å². The molecule has 6 nitrogen and oxygen atoms in total. The zero-order valence-electron chi connectivity index (χ0n) is 17.1. The summed E-state index contributed by atoms with van der Waals surface area (Å²) in [4.78, 5) is 18.7. The molecule has 4 rings (SSSR count). The van der Waals surface area contributed by atoms with Crippen LogP contribution in [-0.4, -0.2) is 19.3 Å². The van der Waals surface area contributed by atoms with Gasteiger partial charge in [-0.15, -0.1) is 0 Å². The summed E-state index contributed by atoms with van der Waals surface area (Å²) in [5.74, 6) is -1.03. The SMILES string of the molecule is Cc1ccc(S(=O)(=O)c2ccc(C(=O)N(Cc3ccccc3F)c3ccccn3)o2)cc1. The predicted molar refractivity (Wildman–Crippen MR) is 116 cm³/mol. The van der Waals surface area contributed by atoms with Gasteiger partial charge < -0.3 is 4.42 Å². The molecule has 0 radical (unpaired) electrons. The van der Waals surface area contributed by atoms with Crippen molar-refractivity contribution in [2.75, 3.05) is 4.90 Å². The second kappa shape index (κ2) is 8.76. The second-order valence-electron chi connectivity index (χ2n) is 7.11. The van der Waals surface area contributed by atoms with Gasteiger partial charge in [-0.25, -0.2) is 17.8 Å². The lowest BCUT2D eigenvalue weighted by Crippen LogP contribution is -2.31. The number of carbonyl (C=O) groups is 1. The zero-order chi connectivity index (χ0) is 22.7. The van der Waals surface area contributed by atoms with Gasteiger partial charge in [0.15, 0.2) is 5.76 Å². The van der Waals surface area contributed by atoms with Gasteiger partial charge in [0.2, 0.25) is 14.9 Å². The minimum atomic E-state index is -3.94. The van der Waals surface area contributed by atoms with Gasteiger partial charge in [0.05, 0.1) is 11.4 Å². The molecule has 0 unspecified atom stereocenters. The number of aryl methyl sites for hydroxylation is 1. The number of aromatic nitrogens is 1. The zero-order valence-corrected chi connectivity index (χ0v) is 17.9. The molecule has 2 aromatic heterocycles. The van der Waals surface area contributed by atoms with Crippen LogP contribution in [0.2, 0.25) is 0 Å². The minimum absolute atomic E-state index is 0.0596. The number of amides is 1. The molecule has 0 N–H and O–H groups in total. The first-order chi connectivity index (χ1) is 15.4. The van der Waals surface area contributed by atoms with Crippen LogP contribution in [0.15, 0.2) is 99.5 Å². The van der Waals surface area contributed by atoms with Gasteiger partial charge in [-0.05, 0) is 49.4 Å². The average Bonchev–Trinajstić information content (AvgIpc) is 3.30. The summed E-state index contributed by atoms with van der Waals surface area (Å²) in [6, 6.07) is 19.9. The quantitative estimate of drug-likeness (QED) is 0.421. The Balaban J connectivity index is 1.68. The number of furan rings is 1. The maximum Gasteiger partial charge on any atom is 0.295 e. The van der Waals surface area contributed by atoms with Crippen LogP contribution in [0.4, 0.5) is 10.2 Å².